The lowest BCUT2D eigenvalue weighted by atomic mass is 9.81. The Balaban J connectivity index is 0.824. The van der Waals surface area contributed by atoms with Gasteiger partial charge in [0, 0.05) is 17.1 Å². The molecule has 1 unspecified atom stereocenters. The average Bonchev–Trinajstić information content (AvgIpc) is 3.60. The summed E-state index contributed by atoms with van der Waals surface area (Å²) in [6.07, 6.45) is 4.27. The van der Waals surface area contributed by atoms with Gasteiger partial charge in [0.25, 0.3) is 11.5 Å². The molecule has 2 amide bonds. The number of likely N-dealkylation sites (tertiary alicyclic amines) is 2. The van der Waals surface area contributed by atoms with Gasteiger partial charge in [0.05, 0.1) is 50.2 Å². The van der Waals surface area contributed by atoms with Gasteiger partial charge < -0.3 is 25.3 Å². The molecule has 3 aliphatic heterocycles. The van der Waals surface area contributed by atoms with E-state index in [0.29, 0.717) is 11.3 Å². The monoisotopic (exact) mass is 1010 g/mol. The number of benzene rings is 3. The average molecular weight is 1010 g/mol. The van der Waals surface area contributed by atoms with Crippen molar-refractivity contribution in [3.05, 3.63) is 109 Å². The Kier molecular flexibility index (Phi) is 13.6. The Morgan fingerprint density at radius 3 is 2.44 bits per heavy atom. The predicted octanol–water partition coefficient (Wildman–Crippen LogP) is 8.60. The number of piperidine rings is 1. The van der Waals surface area contributed by atoms with Crippen molar-refractivity contribution >= 4 is 50.0 Å². The van der Waals surface area contributed by atoms with Crippen LogP contribution < -0.4 is 16.2 Å². The molecular formula is C53H65BrFN7O5S. The third kappa shape index (κ3) is 9.60. The molecule has 15 heteroatoms. The predicted molar refractivity (Wildman–Crippen MR) is 269 cm³/mol. The second kappa shape index (κ2) is 19.1. The van der Waals surface area contributed by atoms with E-state index >= 15 is 0 Å². The number of hydrogen-bond donors (Lipinski definition) is 4. The normalized spacial score (nSPS) is 21.4. The molecule has 5 heterocycles. The maximum absolute atomic E-state index is 14.8. The zero-order chi connectivity index (χ0) is 48.3. The Hall–Kier alpha value is -4.38. The molecule has 0 bridgehead atoms. The molecule has 9 rings (SSSR count). The summed E-state index contributed by atoms with van der Waals surface area (Å²) >= 11 is 5.18. The van der Waals surface area contributed by atoms with Gasteiger partial charge in [-0.3, -0.25) is 24.3 Å². The smallest absolute Gasteiger partial charge is 0.281 e. The van der Waals surface area contributed by atoms with Crippen LogP contribution >= 0.6 is 27.3 Å². The molecule has 5 aromatic rings. The van der Waals surface area contributed by atoms with Crippen LogP contribution in [0.5, 0.6) is 0 Å². The van der Waals surface area contributed by atoms with E-state index in [1.165, 1.54) is 16.0 Å². The third-order valence-corrected chi connectivity index (χ3v) is 16.7. The summed E-state index contributed by atoms with van der Waals surface area (Å²) in [5, 5.41) is 29.5. The van der Waals surface area contributed by atoms with Gasteiger partial charge in [-0.2, -0.15) is 4.98 Å². The lowest BCUT2D eigenvalue weighted by Crippen LogP contribution is -2.59. The summed E-state index contributed by atoms with van der Waals surface area (Å²) in [6.45, 7) is 14.9. The fraction of sp³-hybridized carbons (Fsp3) is 0.528. The SMILES string of the molecule is Cc1ncsc1-c1ccc([C@H](CCCCCN2CCC(c3ccc4c(c3)C(C)(C)c3nc(=O)c5c(Br)cccc5n3-4)CC2)NC(O)[C@@H]2C[C@@H](O)CN2C(=O)[C@@H](NC(=O)C2(F)CC2)C(C)(C)C)cc1. The fourth-order valence-corrected chi connectivity index (χ4v) is 12.1. The first-order valence-electron chi connectivity index (χ1n) is 24.4. The molecule has 12 nitrogen and oxygen atoms in total. The molecule has 0 radical (unpaired) electrons. The van der Waals surface area contributed by atoms with Crippen molar-refractivity contribution < 1.29 is 24.2 Å². The number of nitrogens with zero attached hydrogens (tertiary/aromatic N) is 5. The molecule has 1 saturated carbocycles. The van der Waals surface area contributed by atoms with Crippen molar-refractivity contribution in [1.82, 2.24) is 35.0 Å². The number of amides is 2. The van der Waals surface area contributed by atoms with E-state index in [1.54, 1.807) is 11.3 Å². The second-order valence-electron chi connectivity index (χ2n) is 21.3. The summed E-state index contributed by atoms with van der Waals surface area (Å²) < 4.78 is 17.7. The Morgan fingerprint density at radius 1 is 1.03 bits per heavy atom. The third-order valence-electron chi connectivity index (χ3n) is 15.0. The van der Waals surface area contributed by atoms with Crippen LogP contribution in [0.15, 0.2) is 75.4 Å². The Morgan fingerprint density at radius 2 is 1.76 bits per heavy atom. The molecule has 68 heavy (non-hydrogen) atoms. The number of aliphatic hydroxyl groups excluding tert-OH is 2. The Bertz CT molecular complexity index is 2740. The van der Waals surface area contributed by atoms with Crippen LogP contribution in [0.4, 0.5) is 4.39 Å². The van der Waals surface area contributed by atoms with Crippen LogP contribution in [0.2, 0.25) is 0 Å². The molecular weight excluding hydrogens is 946 g/mol. The lowest BCUT2D eigenvalue weighted by molar-refractivity contribution is -0.144. The fourth-order valence-electron chi connectivity index (χ4n) is 10.8. The van der Waals surface area contributed by atoms with Crippen molar-refractivity contribution in [3.8, 4) is 16.1 Å². The van der Waals surface area contributed by atoms with E-state index in [-0.39, 0.29) is 37.4 Å². The van der Waals surface area contributed by atoms with Gasteiger partial charge in [0.1, 0.15) is 18.1 Å². The zero-order valence-electron chi connectivity index (χ0n) is 40.0. The van der Waals surface area contributed by atoms with E-state index in [4.69, 9.17) is 0 Å². The molecule has 2 saturated heterocycles. The summed E-state index contributed by atoms with van der Waals surface area (Å²) in [5.41, 5.74) is 6.11. The number of carbonyl (C=O) groups excluding carboxylic acids is 2. The minimum absolute atomic E-state index is 0.00766. The first-order valence-corrected chi connectivity index (χ1v) is 26.0. The number of thiazole rings is 1. The summed E-state index contributed by atoms with van der Waals surface area (Å²) in [5.74, 6) is 0.00900. The molecule has 1 aliphatic carbocycles. The van der Waals surface area contributed by atoms with Crippen molar-refractivity contribution in [2.45, 2.75) is 147 Å². The maximum Gasteiger partial charge on any atom is 0.281 e. The summed E-state index contributed by atoms with van der Waals surface area (Å²) in [6, 6.07) is 19.0. The van der Waals surface area contributed by atoms with E-state index in [1.807, 2.05) is 51.4 Å². The number of fused-ring (bicyclic) bond motifs is 5. The molecule has 4 N–H and O–H groups in total. The summed E-state index contributed by atoms with van der Waals surface area (Å²) in [4.78, 5) is 54.5. The number of carbonyl (C=O) groups is 2. The van der Waals surface area contributed by atoms with Gasteiger partial charge in [-0.05, 0) is 153 Å². The number of unbranched alkanes of at least 4 members (excludes halogenated alkanes) is 2. The van der Waals surface area contributed by atoms with E-state index < -0.39 is 52.7 Å². The van der Waals surface area contributed by atoms with Crippen molar-refractivity contribution in [2.75, 3.05) is 26.2 Å². The van der Waals surface area contributed by atoms with Crippen molar-refractivity contribution in [3.63, 3.8) is 0 Å². The highest BCUT2D eigenvalue weighted by molar-refractivity contribution is 9.10. The number of alkyl halides is 1. The number of β-amino-alcohol motifs (C(OH)–C–C–N with tert-alkyl or cyclic N) is 1. The van der Waals surface area contributed by atoms with Crippen LogP contribution in [0.25, 0.3) is 27.0 Å². The van der Waals surface area contributed by atoms with Gasteiger partial charge >= 0.3 is 0 Å². The Labute approximate surface area is 410 Å². The van der Waals surface area contributed by atoms with Gasteiger partial charge in [-0.1, -0.05) is 76.1 Å². The van der Waals surface area contributed by atoms with Crippen molar-refractivity contribution in [2.24, 2.45) is 5.41 Å². The van der Waals surface area contributed by atoms with E-state index in [9.17, 15) is 29.0 Å². The zero-order valence-corrected chi connectivity index (χ0v) is 42.4. The number of nitrogens with one attached hydrogen (secondary N) is 2. The van der Waals surface area contributed by atoms with E-state index in [0.717, 1.165) is 101 Å². The topological polar surface area (TPSA) is 153 Å². The minimum atomic E-state index is -1.94. The molecule has 3 fully saturated rings. The highest BCUT2D eigenvalue weighted by Crippen LogP contribution is 2.45. The lowest BCUT2D eigenvalue weighted by Gasteiger charge is -2.38. The number of rotatable bonds is 15. The quantitative estimate of drug-likeness (QED) is 0.0597. The highest BCUT2D eigenvalue weighted by atomic mass is 79.9. The molecule has 5 atom stereocenters. The van der Waals surface area contributed by atoms with Crippen LogP contribution in [0, 0.1) is 12.3 Å². The van der Waals surface area contributed by atoms with Gasteiger partial charge in [-0.15, -0.1) is 11.3 Å². The van der Waals surface area contributed by atoms with Gasteiger partial charge in [0.15, 0.2) is 5.67 Å². The summed E-state index contributed by atoms with van der Waals surface area (Å²) in [7, 11) is 0. The minimum Gasteiger partial charge on any atom is -0.391 e. The van der Waals surface area contributed by atoms with Gasteiger partial charge in [0.2, 0.25) is 5.91 Å². The molecule has 2 aromatic heterocycles. The molecule has 362 valence electrons. The highest BCUT2D eigenvalue weighted by Gasteiger charge is 2.53. The standard InChI is InChI=1S/C53H65BrFN7O5S/c1-31-44(68-30-56-31)34-16-14-33(15-17-34)39(57-46(64)42-28-36(63)29-61(42)48(66)45(51(2,3)4)58-50(67)53(55)22-23-53)12-8-7-9-24-60-25-20-32(21-26-60)35-18-19-40-37(27-35)52(5,6)49-59-47(65)43-38(54)11-10-13-41(43)62(40)49/h10-11,13-19,27,30,32,36,39,42,45-46,57,63-64H,7-9,12,20-26,28-29H2,1-6H3,(H,58,67)/t36-,39+,42+,45-,46?/m1/s1. The van der Waals surface area contributed by atoms with E-state index in [2.05, 4.69) is 102 Å². The largest absolute Gasteiger partial charge is 0.391 e. The first kappa shape index (κ1) is 48.6. The first-order chi connectivity index (χ1) is 32.3. The maximum atomic E-state index is 14.8. The molecule has 3 aromatic carbocycles. The van der Waals surface area contributed by atoms with Crippen LogP contribution in [0.1, 0.15) is 133 Å². The second-order valence-corrected chi connectivity index (χ2v) is 23.0. The number of aromatic nitrogens is 3. The number of halogens is 2. The number of aryl methyl sites for hydroxylation is 1. The van der Waals surface area contributed by atoms with Crippen LogP contribution in [-0.4, -0.2) is 103 Å². The van der Waals surface area contributed by atoms with Crippen LogP contribution in [-0.2, 0) is 15.0 Å². The molecule has 0 spiro atoms. The number of aliphatic hydroxyl groups is 2. The molecule has 4 aliphatic rings. The van der Waals surface area contributed by atoms with Crippen LogP contribution in [0.3, 0.4) is 0 Å². The van der Waals surface area contributed by atoms with Gasteiger partial charge in [-0.25, -0.2) is 9.37 Å². The van der Waals surface area contributed by atoms with Crippen molar-refractivity contribution in [1.29, 1.82) is 0 Å². The number of hydrogen-bond acceptors (Lipinski definition) is 10.